The number of anilines is 1. The van der Waals surface area contributed by atoms with Crippen molar-refractivity contribution in [1.29, 1.82) is 0 Å². The van der Waals surface area contributed by atoms with Crippen molar-refractivity contribution in [3.63, 3.8) is 0 Å². The first-order chi connectivity index (χ1) is 12.4. The Kier molecular flexibility index (Phi) is 5.70. The molecule has 138 valence electrons. The van der Waals surface area contributed by atoms with Gasteiger partial charge in [-0.25, -0.2) is 13.1 Å². The molecule has 1 N–H and O–H groups in total. The largest absolute Gasteiger partial charge is 0.365 e. The summed E-state index contributed by atoms with van der Waals surface area (Å²) in [5, 5.41) is 0. The van der Waals surface area contributed by atoms with E-state index in [1.165, 1.54) is 0 Å². The van der Waals surface area contributed by atoms with Gasteiger partial charge in [-0.2, -0.15) is 0 Å². The minimum atomic E-state index is -3.48. The van der Waals surface area contributed by atoms with E-state index in [2.05, 4.69) is 4.72 Å². The zero-order valence-electron chi connectivity index (χ0n) is 14.6. The third-order valence-corrected chi connectivity index (χ3v) is 5.49. The smallest absolute Gasteiger partial charge is 0.253 e. The summed E-state index contributed by atoms with van der Waals surface area (Å²) < 4.78 is 32.7. The molecule has 26 heavy (non-hydrogen) atoms. The molecule has 1 saturated heterocycles. The molecule has 0 saturated carbocycles. The van der Waals surface area contributed by atoms with Crippen LogP contribution < -0.4 is 9.62 Å². The summed E-state index contributed by atoms with van der Waals surface area (Å²) in [7, 11) is -3.48. The number of amides is 1. The van der Waals surface area contributed by atoms with Gasteiger partial charge >= 0.3 is 0 Å². The summed E-state index contributed by atoms with van der Waals surface area (Å²) in [6.07, 6.45) is -0.389. The van der Waals surface area contributed by atoms with Crippen molar-refractivity contribution in [2.24, 2.45) is 0 Å². The maximum atomic E-state index is 12.3. The molecular formula is C19H22N2O4S. The Hall–Kier alpha value is -2.22. The van der Waals surface area contributed by atoms with Crippen LogP contribution in [0, 0.1) is 6.92 Å². The van der Waals surface area contributed by atoms with Crippen LogP contribution in [0.1, 0.15) is 11.1 Å². The molecule has 2 aromatic rings. The number of ether oxygens (including phenoxy) is 1. The molecule has 0 radical (unpaired) electrons. The van der Waals surface area contributed by atoms with Gasteiger partial charge in [-0.1, -0.05) is 48.0 Å². The monoisotopic (exact) mass is 374 g/mol. The van der Waals surface area contributed by atoms with Gasteiger partial charge in [-0.3, -0.25) is 4.79 Å². The highest BCUT2D eigenvalue weighted by Gasteiger charge is 2.28. The lowest BCUT2D eigenvalue weighted by Gasteiger charge is -2.32. The third-order valence-electron chi connectivity index (χ3n) is 4.17. The molecule has 0 aliphatic carbocycles. The topological polar surface area (TPSA) is 75.7 Å². The summed E-state index contributed by atoms with van der Waals surface area (Å²) in [4.78, 5) is 13.7. The zero-order valence-corrected chi connectivity index (χ0v) is 15.4. The molecule has 0 spiro atoms. The Morgan fingerprint density at radius 3 is 2.65 bits per heavy atom. The van der Waals surface area contributed by atoms with Gasteiger partial charge in [0.05, 0.1) is 18.4 Å². The first kappa shape index (κ1) is 18.6. The summed E-state index contributed by atoms with van der Waals surface area (Å²) in [5.41, 5.74) is 2.54. The number of para-hydroxylation sites is 1. The number of carbonyl (C=O) groups excluding carboxylic acids is 1. The van der Waals surface area contributed by atoms with Gasteiger partial charge in [0.15, 0.2) is 0 Å². The van der Waals surface area contributed by atoms with Crippen LogP contribution in [0.5, 0.6) is 0 Å². The molecule has 1 heterocycles. The fourth-order valence-electron chi connectivity index (χ4n) is 2.90. The number of morpholine rings is 1. The predicted molar refractivity (Wildman–Crippen MR) is 100 cm³/mol. The van der Waals surface area contributed by atoms with E-state index in [0.717, 1.165) is 16.8 Å². The lowest BCUT2D eigenvalue weighted by atomic mass is 10.2. The fourth-order valence-corrected chi connectivity index (χ4v) is 4.06. The predicted octanol–water partition coefficient (Wildman–Crippen LogP) is 1.85. The van der Waals surface area contributed by atoms with Crippen LogP contribution >= 0.6 is 0 Å². The van der Waals surface area contributed by atoms with Crippen molar-refractivity contribution in [2.45, 2.75) is 18.8 Å². The van der Waals surface area contributed by atoms with Gasteiger partial charge in [0, 0.05) is 12.2 Å². The number of aryl methyl sites for hydroxylation is 1. The number of benzene rings is 2. The molecule has 6 nitrogen and oxygen atoms in total. The Morgan fingerprint density at radius 1 is 1.15 bits per heavy atom. The maximum Gasteiger partial charge on any atom is 0.253 e. The minimum Gasteiger partial charge on any atom is -0.365 e. The molecule has 1 atom stereocenters. The molecular weight excluding hydrogens is 352 g/mol. The number of carbonyl (C=O) groups is 1. The normalized spacial score (nSPS) is 18.1. The van der Waals surface area contributed by atoms with Crippen LogP contribution in [0.15, 0.2) is 54.6 Å². The van der Waals surface area contributed by atoms with Gasteiger partial charge in [0.1, 0.15) is 6.61 Å². The zero-order chi connectivity index (χ0) is 18.6. The summed E-state index contributed by atoms with van der Waals surface area (Å²) in [6, 6.07) is 16.7. The van der Waals surface area contributed by atoms with E-state index >= 15 is 0 Å². The lowest BCUT2D eigenvalue weighted by molar-refractivity contribution is -0.129. The summed E-state index contributed by atoms with van der Waals surface area (Å²) in [5.74, 6) is -0.210. The first-order valence-electron chi connectivity index (χ1n) is 8.43. The second kappa shape index (κ2) is 7.99. The summed E-state index contributed by atoms with van der Waals surface area (Å²) in [6.45, 7) is 2.31. The minimum absolute atomic E-state index is 0.0564. The van der Waals surface area contributed by atoms with Crippen LogP contribution in [0.2, 0.25) is 0 Å². The second-order valence-corrected chi connectivity index (χ2v) is 8.18. The second-order valence-electron chi connectivity index (χ2n) is 6.37. The number of rotatable bonds is 6. The molecule has 1 fully saturated rings. The highest BCUT2D eigenvalue weighted by Crippen LogP contribution is 2.18. The number of nitrogens with one attached hydrogen (secondary N) is 1. The fraction of sp³-hybridized carbons (Fsp3) is 0.316. The first-order valence-corrected chi connectivity index (χ1v) is 10.1. The van der Waals surface area contributed by atoms with Crippen molar-refractivity contribution in [1.82, 2.24) is 4.72 Å². The van der Waals surface area contributed by atoms with Gasteiger partial charge in [-0.05, 0) is 24.6 Å². The van der Waals surface area contributed by atoms with Crippen LogP contribution in [0.4, 0.5) is 5.69 Å². The molecule has 1 amide bonds. The van der Waals surface area contributed by atoms with Crippen LogP contribution in [-0.2, 0) is 25.3 Å². The van der Waals surface area contributed by atoms with Crippen LogP contribution in [0.25, 0.3) is 0 Å². The number of hydrogen-bond acceptors (Lipinski definition) is 4. The highest BCUT2D eigenvalue weighted by atomic mass is 32.2. The molecule has 1 unspecified atom stereocenters. The van der Waals surface area contributed by atoms with Crippen molar-refractivity contribution in [3.8, 4) is 0 Å². The Balaban J connectivity index is 1.59. The molecule has 3 rings (SSSR count). The Morgan fingerprint density at radius 2 is 1.92 bits per heavy atom. The SMILES string of the molecule is Cc1cccc(CS(=O)(=O)NCC2CN(c3ccccc3)C(=O)CO2)c1. The lowest BCUT2D eigenvalue weighted by Crippen LogP contribution is -2.50. The van der Waals surface area contributed by atoms with E-state index in [4.69, 9.17) is 4.74 Å². The van der Waals surface area contributed by atoms with Crippen molar-refractivity contribution < 1.29 is 17.9 Å². The molecule has 0 aromatic heterocycles. The molecule has 7 heteroatoms. The van der Waals surface area contributed by atoms with E-state index < -0.39 is 10.0 Å². The number of sulfonamides is 1. The standard InChI is InChI=1S/C19H22N2O4S/c1-15-6-5-7-16(10-15)14-26(23,24)20-11-18-12-21(19(22)13-25-18)17-8-3-2-4-9-17/h2-10,18,20H,11-14H2,1H3. The molecule has 2 aromatic carbocycles. The van der Waals surface area contributed by atoms with E-state index in [-0.39, 0.29) is 30.9 Å². The van der Waals surface area contributed by atoms with Crippen molar-refractivity contribution in [2.75, 3.05) is 24.6 Å². The average molecular weight is 374 g/mol. The van der Waals surface area contributed by atoms with E-state index in [1.807, 2.05) is 55.5 Å². The molecule has 0 bridgehead atoms. The van der Waals surface area contributed by atoms with Crippen molar-refractivity contribution in [3.05, 3.63) is 65.7 Å². The third kappa shape index (κ3) is 4.91. The van der Waals surface area contributed by atoms with Crippen LogP contribution in [-0.4, -0.2) is 40.1 Å². The Bertz CT molecular complexity index is 868. The van der Waals surface area contributed by atoms with Crippen LogP contribution in [0.3, 0.4) is 0 Å². The number of nitrogens with zero attached hydrogens (tertiary/aromatic N) is 1. The van der Waals surface area contributed by atoms with Gasteiger partial charge in [0.2, 0.25) is 10.0 Å². The molecule has 1 aliphatic heterocycles. The van der Waals surface area contributed by atoms with Crippen molar-refractivity contribution >= 4 is 21.6 Å². The Labute approximate surface area is 153 Å². The highest BCUT2D eigenvalue weighted by molar-refractivity contribution is 7.88. The molecule has 1 aliphatic rings. The summed E-state index contributed by atoms with van der Waals surface area (Å²) >= 11 is 0. The van der Waals surface area contributed by atoms with E-state index in [1.54, 1.807) is 11.0 Å². The van der Waals surface area contributed by atoms with E-state index in [0.29, 0.717) is 6.54 Å². The number of hydrogen-bond donors (Lipinski definition) is 1. The average Bonchev–Trinajstić information content (AvgIpc) is 2.61. The van der Waals surface area contributed by atoms with Gasteiger partial charge in [0.25, 0.3) is 5.91 Å². The maximum absolute atomic E-state index is 12.3. The van der Waals surface area contributed by atoms with Gasteiger partial charge < -0.3 is 9.64 Å². The van der Waals surface area contributed by atoms with Gasteiger partial charge in [-0.15, -0.1) is 0 Å². The quantitative estimate of drug-likeness (QED) is 0.837. The van der Waals surface area contributed by atoms with E-state index in [9.17, 15) is 13.2 Å².